The van der Waals surface area contributed by atoms with Gasteiger partial charge in [-0.25, -0.2) is 9.97 Å². The minimum absolute atomic E-state index is 0.444. The number of nitriles is 1. The normalized spacial score (nSPS) is 18.1. The number of fused-ring (bicyclic) bond motifs is 3. The van der Waals surface area contributed by atoms with Crippen LogP contribution in [0.1, 0.15) is 30.8 Å². The lowest BCUT2D eigenvalue weighted by Gasteiger charge is -2.36. The highest BCUT2D eigenvalue weighted by molar-refractivity contribution is 5.82. The summed E-state index contributed by atoms with van der Waals surface area (Å²) in [6.07, 6.45) is 6.91. The standard InChI is InChI=1S/C21H21N5/c22-13-17-6-4-16(14-23-17)15-5-7-20-19(12-15)24-21-8-9-25(10-11-26(20)21)18-2-1-3-18/h4-7,12,14,18H,1-3,8-11H2. The van der Waals surface area contributed by atoms with Crippen LogP contribution in [-0.4, -0.2) is 38.6 Å². The van der Waals surface area contributed by atoms with Crippen molar-refractivity contribution in [3.05, 3.63) is 48.0 Å². The lowest BCUT2D eigenvalue weighted by atomic mass is 9.91. The Morgan fingerprint density at radius 3 is 2.65 bits per heavy atom. The zero-order valence-corrected chi connectivity index (χ0v) is 14.7. The fourth-order valence-electron chi connectivity index (χ4n) is 4.13. The van der Waals surface area contributed by atoms with Gasteiger partial charge in [-0.05, 0) is 42.7 Å². The van der Waals surface area contributed by atoms with Gasteiger partial charge in [0.2, 0.25) is 0 Å². The minimum atomic E-state index is 0.444. The summed E-state index contributed by atoms with van der Waals surface area (Å²) in [5.74, 6) is 1.21. The van der Waals surface area contributed by atoms with Crippen LogP contribution in [0.2, 0.25) is 0 Å². The van der Waals surface area contributed by atoms with Crippen LogP contribution in [0.25, 0.3) is 22.2 Å². The number of nitrogens with zero attached hydrogens (tertiary/aromatic N) is 5. The second-order valence-corrected chi connectivity index (χ2v) is 7.30. The van der Waals surface area contributed by atoms with Crippen molar-refractivity contribution in [2.75, 3.05) is 13.1 Å². The molecule has 2 aromatic heterocycles. The average molecular weight is 343 g/mol. The molecule has 2 aliphatic rings. The van der Waals surface area contributed by atoms with Gasteiger partial charge in [-0.2, -0.15) is 5.26 Å². The van der Waals surface area contributed by atoms with E-state index in [1.54, 1.807) is 12.3 Å². The second kappa shape index (κ2) is 6.22. The molecule has 26 heavy (non-hydrogen) atoms. The highest BCUT2D eigenvalue weighted by Crippen LogP contribution is 2.29. The number of rotatable bonds is 2. The average Bonchev–Trinajstić information content (AvgIpc) is 2.86. The van der Waals surface area contributed by atoms with Crippen molar-refractivity contribution in [3.8, 4) is 17.2 Å². The summed E-state index contributed by atoms with van der Waals surface area (Å²) >= 11 is 0. The summed E-state index contributed by atoms with van der Waals surface area (Å²) in [6, 6.07) is 13.0. The molecule has 5 heteroatoms. The van der Waals surface area contributed by atoms with E-state index in [-0.39, 0.29) is 0 Å². The molecular formula is C21H21N5. The summed E-state index contributed by atoms with van der Waals surface area (Å²) in [5, 5.41) is 8.90. The van der Waals surface area contributed by atoms with Crippen LogP contribution < -0.4 is 0 Å². The van der Waals surface area contributed by atoms with Gasteiger partial charge in [-0.3, -0.25) is 4.90 Å². The van der Waals surface area contributed by atoms with Crippen LogP contribution in [0.4, 0.5) is 0 Å². The highest BCUT2D eigenvalue weighted by Gasteiger charge is 2.27. The van der Waals surface area contributed by atoms with E-state index in [4.69, 9.17) is 10.2 Å². The molecule has 0 amide bonds. The Kier molecular flexibility index (Phi) is 3.72. The monoisotopic (exact) mass is 343 g/mol. The van der Waals surface area contributed by atoms with E-state index in [1.165, 1.54) is 30.6 Å². The van der Waals surface area contributed by atoms with E-state index in [2.05, 4.69) is 38.7 Å². The van der Waals surface area contributed by atoms with Gasteiger partial charge < -0.3 is 4.57 Å². The van der Waals surface area contributed by atoms with Crippen molar-refractivity contribution in [3.63, 3.8) is 0 Å². The van der Waals surface area contributed by atoms with E-state index in [1.807, 2.05) is 6.07 Å². The maximum atomic E-state index is 8.90. The molecule has 3 heterocycles. The highest BCUT2D eigenvalue weighted by atomic mass is 15.2. The summed E-state index contributed by atoms with van der Waals surface area (Å²) in [6.45, 7) is 3.28. The van der Waals surface area contributed by atoms with Crippen LogP contribution in [0, 0.1) is 11.3 Å². The van der Waals surface area contributed by atoms with Gasteiger partial charge in [0.05, 0.1) is 11.0 Å². The molecule has 0 N–H and O–H groups in total. The quantitative estimate of drug-likeness (QED) is 0.716. The third kappa shape index (κ3) is 2.58. The van der Waals surface area contributed by atoms with Gasteiger partial charge >= 0.3 is 0 Å². The number of pyridine rings is 1. The van der Waals surface area contributed by atoms with Crippen molar-refractivity contribution in [1.82, 2.24) is 19.4 Å². The number of benzene rings is 1. The van der Waals surface area contributed by atoms with E-state index in [0.29, 0.717) is 5.69 Å². The Bertz CT molecular complexity index is 992. The summed E-state index contributed by atoms with van der Waals surface area (Å²) < 4.78 is 2.40. The molecule has 5 rings (SSSR count). The Balaban J connectivity index is 1.45. The largest absolute Gasteiger partial charge is 0.327 e. The summed E-state index contributed by atoms with van der Waals surface area (Å²) in [4.78, 5) is 11.8. The Morgan fingerprint density at radius 1 is 1.04 bits per heavy atom. The van der Waals surface area contributed by atoms with Gasteiger partial charge in [-0.1, -0.05) is 12.5 Å². The van der Waals surface area contributed by atoms with Crippen LogP contribution in [0.15, 0.2) is 36.5 Å². The van der Waals surface area contributed by atoms with Crippen molar-refractivity contribution >= 4 is 11.0 Å². The number of hydrogen-bond acceptors (Lipinski definition) is 4. The first-order chi connectivity index (χ1) is 12.8. The lowest BCUT2D eigenvalue weighted by molar-refractivity contribution is 0.130. The molecule has 130 valence electrons. The van der Waals surface area contributed by atoms with Crippen LogP contribution >= 0.6 is 0 Å². The zero-order valence-electron chi connectivity index (χ0n) is 14.7. The van der Waals surface area contributed by atoms with Crippen molar-refractivity contribution in [2.45, 2.75) is 38.3 Å². The Labute approximate surface area is 152 Å². The number of hydrogen-bond donors (Lipinski definition) is 0. The molecule has 0 spiro atoms. The zero-order chi connectivity index (χ0) is 17.5. The smallest absolute Gasteiger partial charge is 0.140 e. The third-order valence-electron chi connectivity index (χ3n) is 5.86. The van der Waals surface area contributed by atoms with Gasteiger partial charge in [0.1, 0.15) is 17.6 Å². The van der Waals surface area contributed by atoms with Crippen LogP contribution in [-0.2, 0) is 13.0 Å². The molecule has 3 aromatic rings. The Morgan fingerprint density at radius 2 is 1.92 bits per heavy atom. The van der Waals surface area contributed by atoms with Gasteiger partial charge in [0.25, 0.3) is 0 Å². The van der Waals surface area contributed by atoms with E-state index in [9.17, 15) is 0 Å². The molecule has 0 atom stereocenters. The molecule has 0 saturated heterocycles. The fourth-order valence-corrected chi connectivity index (χ4v) is 4.13. The Hall–Kier alpha value is -2.71. The van der Waals surface area contributed by atoms with Gasteiger partial charge in [0, 0.05) is 43.9 Å². The van der Waals surface area contributed by atoms with Crippen molar-refractivity contribution < 1.29 is 0 Å². The van der Waals surface area contributed by atoms with Gasteiger partial charge in [0.15, 0.2) is 0 Å². The van der Waals surface area contributed by atoms with Crippen LogP contribution in [0.3, 0.4) is 0 Å². The maximum absolute atomic E-state index is 8.90. The van der Waals surface area contributed by atoms with Crippen molar-refractivity contribution in [1.29, 1.82) is 5.26 Å². The molecular weight excluding hydrogens is 322 g/mol. The summed E-state index contributed by atoms with van der Waals surface area (Å²) in [5.41, 5.74) is 4.84. The van der Waals surface area contributed by atoms with E-state index < -0.39 is 0 Å². The first-order valence-corrected chi connectivity index (χ1v) is 9.41. The third-order valence-corrected chi connectivity index (χ3v) is 5.86. The topological polar surface area (TPSA) is 57.7 Å². The predicted octanol–water partition coefficient (Wildman–Crippen LogP) is 3.38. The first-order valence-electron chi connectivity index (χ1n) is 9.41. The molecule has 0 bridgehead atoms. The van der Waals surface area contributed by atoms with E-state index >= 15 is 0 Å². The SMILES string of the molecule is N#Cc1ccc(-c2ccc3c(c2)nc2n3CCN(C3CCC3)CC2)cn1. The summed E-state index contributed by atoms with van der Waals surface area (Å²) in [7, 11) is 0. The molecule has 1 aliphatic carbocycles. The molecule has 1 aliphatic heterocycles. The molecule has 5 nitrogen and oxygen atoms in total. The molecule has 1 saturated carbocycles. The van der Waals surface area contributed by atoms with E-state index in [0.717, 1.165) is 48.7 Å². The minimum Gasteiger partial charge on any atom is -0.327 e. The maximum Gasteiger partial charge on any atom is 0.140 e. The fraction of sp³-hybridized carbons (Fsp3) is 0.381. The lowest BCUT2D eigenvalue weighted by Crippen LogP contribution is -2.41. The number of imidazole rings is 1. The second-order valence-electron chi connectivity index (χ2n) is 7.30. The predicted molar refractivity (Wildman–Crippen MR) is 101 cm³/mol. The number of aromatic nitrogens is 3. The van der Waals surface area contributed by atoms with Crippen LogP contribution in [0.5, 0.6) is 0 Å². The molecule has 0 radical (unpaired) electrons. The molecule has 0 unspecified atom stereocenters. The molecule has 1 aromatic carbocycles. The first kappa shape index (κ1) is 15.5. The van der Waals surface area contributed by atoms with Crippen molar-refractivity contribution in [2.24, 2.45) is 0 Å². The molecule has 1 fully saturated rings. The van der Waals surface area contributed by atoms with Gasteiger partial charge in [-0.15, -0.1) is 0 Å².